The molecular weight excluding hydrogens is 209 g/mol. The molecule has 0 fully saturated rings. The highest BCUT2D eigenvalue weighted by molar-refractivity contribution is 14.2. The SMILES string of the molecule is N#CCCSI. The first-order chi connectivity index (χ1) is 2.91. The van der Waals surface area contributed by atoms with Crippen LogP contribution in [-0.4, -0.2) is 5.75 Å². The van der Waals surface area contributed by atoms with Crippen molar-refractivity contribution in [3.8, 4) is 6.07 Å². The van der Waals surface area contributed by atoms with Crippen molar-refractivity contribution in [3.63, 3.8) is 0 Å². The predicted octanol–water partition coefficient (Wildman–Crippen LogP) is 1.98. The van der Waals surface area contributed by atoms with Crippen LogP contribution in [0.1, 0.15) is 6.42 Å². The first kappa shape index (κ1) is 6.57. The van der Waals surface area contributed by atoms with Gasteiger partial charge in [-0.15, -0.1) is 0 Å². The molecule has 0 radical (unpaired) electrons. The van der Waals surface area contributed by atoms with Gasteiger partial charge in [-0.1, -0.05) is 8.93 Å². The summed E-state index contributed by atoms with van der Waals surface area (Å²) >= 11 is 2.18. The van der Waals surface area contributed by atoms with Gasteiger partial charge in [0.2, 0.25) is 0 Å². The van der Waals surface area contributed by atoms with Crippen LogP contribution in [0.15, 0.2) is 0 Å². The summed E-state index contributed by atoms with van der Waals surface area (Å²) in [7, 11) is 1.67. The first-order valence-corrected chi connectivity index (χ1v) is 5.05. The lowest BCUT2D eigenvalue weighted by Gasteiger charge is -1.75. The molecule has 0 amide bonds. The van der Waals surface area contributed by atoms with Crippen molar-refractivity contribution in [2.75, 3.05) is 5.75 Å². The van der Waals surface area contributed by atoms with Gasteiger partial charge in [-0.25, -0.2) is 0 Å². The van der Waals surface area contributed by atoms with E-state index in [0.29, 0.717) is 6.42 Å². The lowest BCUT2D eigenvalue weighted by atomic mass is 10.6. The second kappa shape index (κ2) is 5.57. The lowest BCUT2D eigenvalue weighted by Crippen LogP contribution is -1.64. The second-order valence-corrected chi connectivity index (χ2v) is 3.22. The van der Waals surface area contributed by atoms with Gasteiger partial charge >= 0.3 is 0 Å². The Hall–Kier alpha value is 0.570. The number of hydrogen-bond donors (Lipinski definition) is 0. The molecule has 0 bridgehead atoms. The van der Waals surface area contributed by atoms with Crippen LogP contribution >= 0.6 is 30.1 Å². The van der Waals surface area contributed by atoms with E-state index in [2.05, 4.69) is 21.2 Å². The third kappa shape index (κ3) is 4.57. The molecule has 0 rings (SSSR count). The van der Waals surface area contributed by atoms with Crippen molar-refractivity contribution < 1.29 is 0 Å². The topological polar surface area (TPSA) is 23.8 Å². The largest absolute Gasteiger partial charge is 0.198 e. The van der Waals surface area contributed by atoms with E-state index in [1.807, 2.05) is 6.07 Å². The van der Waals surface area contributed by atoms with E-state index in [1.165, 1.54) is 0 Å². The zero-order valence-corrected chi connectivity index (χ0v) is 6.12. The van der Waals surface area contributed by atoms with Crippen molar-refractivity contribution in [2.24, 2.45) is 0 Å². The summed E-state index contributed by atoms with van der Waals surface area (Å²) in [6.07, 6.45) is 0.674. The van der Waals surface area contributed by atoms with Crippen LogP contribution in [0.4, 0.5) is 0 Å². The smallest absolute Gasteiger partial charge is 0.0630 e. The molecule has 0 aromatic rings. The van der Waals surface area contributed by atoms with Crippen LogP contribution in [0.2, 0.25) is 0 Å². The van der Waals surface area contributed by atoms with E-state index in [9.17, 15) is 0 Å². The number of rotatable bonds is 2. The third-order valence-electron chi connectivity index (χ3n) is 0.291. The van der Waals surface area contributed by atoms with Crippen LogP contribution in [0.25, 0.3) is 0 Å². The Labute approximate surface area is 53.7 Å². The molecule has 1 nitrogen and oxygen atoms in total. The molecule has 0 aliphatic heterocycles. The van der Waals surface area contributed by atoms with E-state index in [0.717, 1.165) is 5.75 Å². The van der Waals surface area contributed by atoms with E-state index in [-0.39, 0.29) is 0 Å². The van der Waals surface area contributed by atoms with Crippen molar-refractivity contribution in [1.29, 1.82) is 5.26 Å². The van der Waals surface area contributed by atoms with Gasteiger partial charge < -0.3 is 0 Å². The summed E-state index contributed by atoms with van der Waals surface area (Å²) in [5, 5.41) is 7.93. The van der Waals surface area contributed by atoms with Gasteiger partial charge in [-0.05, 0) is 21.2 Å². The summed E-state index contributed by atoms with van der Waals surface area (Å²) in [6, 6.07) is 2.04. The highest BCUT2D eigenvalue weighted by Crippen LogP contribution is 2.10. The fourth-order valence-electron chi connectivity index (χ4n) is 0.0842. The maximum absolute atomic E-state index is 7.93. The van der Waals surface area contributed by atoms with Crippen molar-refractivity contribution in [1.82, 2.24) is 0 Å². The average molecular weight is 213 g/mol. The van der Waals surface area contributed by atoms with E-state index in [1.54, 1.807) is 8.93 Å². The minimum Gasteiger partial charge on any atom is -0.198 e. The fraction of sp³-hybridized carbons (Fsp3) is 0.667. The van der Waals surface area contributed by atoms with E-state index >= 15 is 0 Å². The van der Waals surface area contributed by atoms with Gasteiger partial charge in [-0.2, -0.15) is 5.26 Å². The van der Waals surface area contributed by atoms with Crippen molar-refractivity contribution in [3.05, 3.63) is 0 Å². The third-order valence-corrected chi connectivity index (χ3v) is 1.97. The maximum Gasteiger partial charge on any atom is 0.0630 e. The van der Waals surface area contributed by atoms with Crippen molar-refractivity contribution >= 4 is 30.1 Å². The zero-order valence-electron chi connectivity index (χ0n) is 3.15. The van der Waals surface area contributed by atoms with Gasteiger partial charge in [0, 0.05) is 12.2 Å². The molecular formula is C3H4INS. The van der Waals surface area contributed by atoms with E-state index in [4.69, 9.17) is 5.26 Å². The molecule has 0 aliphatic carbocycles. The van der Waals surface area contributed by atoms with Gasteiger partial charge in [0.15, 0.2) is 0 Å². The Bertz CT molecular complexity index is 58.3. The molecule has 0 aromatic heterocycles. The first-order valence-electron chi connectivity index (χ1n) is 1.52. The Morgan fingerprint density at radius 2 is 2.50 bits per heavy atom. The number of nitrogens with zero attached hydrogens (tertiary/aromatic N) is 1. The molecule has 6 heavy (non-hydrogen) atoms. The van der Waals surface area contributed by atoms with Gasteiger partial charge in [0.25, 0.3) is 0 Å². The fourth-order valence-corrected chi connectivity index (χ4v) is 0.913. The van der Waals surface area contributed by atoms with Crippen molar-refractivity contribution in [2.45, 2.75) is 6.42 Å². The maximum atomic E-state index is 7.93. The normalized spacial score (nSPS) is 7.33. The summed E-state index contributed by atoms with van der Waals surface area (Å²) in [5.41, 5.74) is 0. The number of hydrogen-bond acceptors (Lipinski definition) is 2. The molecule has 0 saturated heterocycles. The highest BCUT2D eigenvalue weighted by Gasteiger charge is 1.76. The van der Waals surface area contributed by atoms with Gasteiger partial charge in [0.05, 0.1) is 6.07 Å². The molecule has 0 atom stereocenters. The molecule has 0 unspecified atom stereocenters. The molecule has 0 heterocycles. The van der Waals surface area contributed by atoms with Crippen LogP contribution in [0.3, 0.4) is 0 Å². The van der Waals surface area contributed by atoms with Gasteiger partial charge in [-0.3, -0.25) is 0 Å². The quantitative estimate of drug-likeness (QED) is 0.517. The van der Waals surface area contributed by atoms with Crippen LogP contribution in [-0.2, 0) is 0 Å². The monoisotopic (exact) mass is 213 g/mol. The molecule has 34 valence electrons. The summed E-state index contributed by atoms with van der Waals surface area (Å²) < 4.78 is 0. The zero-order chi connectivity index (χ0) is 4.83. The molecule has 0 N–H and O–H groups in total. The van der Waals surface area contributed by atoms with Crippen LogP contribution < -0.4 is 0 Å². The molecule has 0 aromatic carbocycles. The summed E-state index contributed by atoms with van der Waals surface area (Å²) in [5.74, 6) is 0.955. The minimum atomic E-state index is 0.674. The molecule has 0 aliphatic rings. The van der Waals surface area contributed by atoms with Crippen LogP contribution in [0.5, 0.6) is 0 Å². The molecule has 0 saturated carbocycles. The lowest BCUT2D eigenvalue weighted by molar-refractivity contribution is 1.25. The van der Waals surface area contributed by atoms with Gasteiger partial charge in [0.1, 0.15) is 0 Å². The Balaban J connectivity index is 2.54. The summed E-state index contributed by atoms with van der Waals surface area (Å²) in [4.78, 5) is 0. The second-order valence-electron chi connectivity index (χ2n) is 0.721. The number of halogens is 1. The molecule has 3 heteroatoms. The van der Waals surface area contributed by atoms with E-state index < -0.39 is 0 Å². The Morgan fingerprint density at radius 1 is 1.83 bits per heavy atom. The molecule has 0 spiro atoms. The summed E-state index contributed by atoms with van der Waals surface area (Å²) in [6.45, 7) is 0. The Morgan fingerprint density at radius 3 is 2.67 bits per heavy atom. The van der Waals surface area contributed by atoms with Crippen LogP contribution in [0, 0.1) is 11.3 Å². The number of nitriles is 1. The standard InChI is InChI=1S/C3H4INS/c4-6-3-1-2-5/h1,3H2. The highest BCUT2D eigenvalue weighted by atomic mass is 127. The average Bonchev–Trinajstić information content (AvgIpc) is 1.61. The predicted molar refractivity (Wildman–Crippen MR) is 36.7 cm³/mol. The Kier molecular flexibility index (Phi) is 6.10. The minimum absolute atomic E-state index is 0.674.